The first-order chi connectivity index (χ1) is 9.97. The molecule has 0 spiro atoms. The number of carbonyl (C=O) groups is 1. The van der Waals surface area contributed by atoms with Gasteiger partial charge in [0.25, 0.3) is 0 Å². The van der Waals surface area contributed by atoms with Crippen molar-refractivity contribution >= 4 is 5.91 Å². The summed E-state index contributed by atoms with van der Waals surface area (Å²) in [6, 6.07) is 0.696. The summed E-state index contributed by atoms with van der Waals surface area (Å²) in [5.41, 5.74) is 5.91. The quantitative estimate of drug-likeness (QED) is 0.815. The van der Waals surface area contributed by atoms with Gasteiger partial charge in [-0.05, 0) is 57.0 Å². The summed E-state index contributed by atoms with van der Waals surface area (Å²) in [5, 5.41) is 3.20. The maximum atomic E-state index is 12.3. The molecule has 2 rings (SSSR count). The average Bonchev–Trinajstić information content (AvgIpc) is 2.87. The molecule has 1 saturated heterocycles. The average molecular weight is 295 g/mol. The molecule has 3 unspecified atom stereocenters. The first-order valence-corrected chi connectivity index (χ1v) is 8.74. The molecule has 0 aromatic carbocycles. The summed E-state index contributed by atoms with van der Waals surface area (Å²) in [6.45, 7) is 10.0. The molecular weight excluding hydrogens is 262 g/mol. The topological polar surface area (TPSA) is 58.4 Å². The number of nitrogens with zero attached hydrogens (tertiary/aromatic N) is 1. The van der Waals surface area contributed by atoms with Gasteiger partial charge in [0.15, 0.2) is 0 Å². The van der Waals surface area contributed by atoms with Crippen LogP contribution in [0.15, 0.2) is 0 Å². The van der Waals surface area contributed by atoms with E-state index < -0.39 is 0 Å². The predicted octanol–water partition coefficient (Wildman–Crippen LogP) is 1.99. The summed E-state index contributed by atoms with van der Waals surface area (Å²) in [6.07, 6.45) is 5.39. The summed E-state index contributed by atoms with van der Waals surface area (Å²) >= 11 is 0. The Balaban J connectivity index is 1.81. The van der Waals surface area contributed by atoms with Crippen molar-refractivity contribution in [3.05, 3.63) is 0 Å². The van der Waals surface area contributed by atoms with Gasteiger partial charge in [0.2, 0.25) is 5.91 Å². The second-order valence-corrected chi connectivity index (χ2v) is 7.55. The Hall–Kier alpha value is -0.610. The van der Waals surface area contributed by atoms with Crippen molar-refractivity contribution in [1.82, 2.24) is 10.2 Å². The number of rotatable bonds is 5. The summed E-state index contributed by atoms with van der Waals surface area (Å²) in [7, 11) is 0. The van der Waals surface area contributed by atoms with Crippen molar-refractivity contribution in [3.8, 4) is 0 Å². The van der Waals surface area contributed by atoms with Crippen LogP contribution in [0.3, 0.4) is 0 Å². The van der Waals surface area contributed by atoms with Crippen LogP contribution >= 0.6 is 0 Å². The van der Waals surface area contributed by atoms with E-state index in [0.29, 0.717) is 12.0 Å². The lowest BCUT2D eigenvalue weighted by Crippen LogP contribution is -2.50. The Kier molecular flexibility index (Phi) is 6.06. The van der Waals surface area contributed by atoms with Gasteiger partial charge in [-0.15, -0.1) is 0 Å². The Labute approximate surface area is 129 Å². The summed E-state index contributed by atoms with van der Waals surface area (Å²) in [4.78, 5) is 14.8. The van der Waals surface area contributed by atoms with Gasteiger partial charge in [-0.1, -0.05) is 20.8 Å². The van der Waals surface area contributed by atoms with Crippen LogP contribution in [0.25, 0.3) is 0 Å². The molecule has 1 aliphatic carbocycles. The largest absolute Gasteiger partial charge is 0.354 e. The second kappa shape index (κ2) is 7.59. The van der Waals surface area contributed by atoms with Gasteiger partial charge >= 0.3 is 0 Å². The third-order valence-corrected chi connectivity index (χ3v) is 5.39. The standard InChI is InChI=1S/C17H33N3O/c1-12(2)16(20-8-6-13(3)7-9-20)11-19-17(21)14-4-5-15(18)10-14/h12-16H,4-11,18H2,1-3H3,(H,19,21). The van der Waals surface area contributed by atoms with Gasteiger partial charge in [0.1, 0.15) is 0 Å². The number of nitrogens with two attached hydrogens (primary N) is 1. The lowest BCUT2D eigenvalue weighted by molar-refractivity contribution is -0.125. The number of carbonyl (C=O) groups excluding carboxylic acids is 1. The van der Waals surface area contributed by atoms with E-state index in [-0.39, 0.29) is 17.9 Å². The predicted molar refractivity (Wildman–Crippen MR) is 86.9 cm³/mol. The maximum absolute atomic E-state index is 12.3. The van der Waals surface area contributed by atoms with E-state index in [1.807, 2.05) is 0 Å². The minimum atomic E-state index is 0.147. The molecule has 0 aromatic rings. The molecule has 0 aromatic heterocycles. The van der Waals surface area contributed by atoms with E-state index in [4.69, 9.17) is 5.73 Å². The summed E-state index contributed by atoms with van der Waals surface area (Å²) < 4.78 is 0. The van der Waals surface area contributed by atoms with E-state index in [0.717, 1.165) is 31.7 Å². The van der Waals surface area contributed by atoms with Gasteiger partial charge in [-0.3, -0.25) is 9.69 Å². The van der Waals surface area contributed by atoms with Crippen molar-refractivity contribution in [3.63, 3.8) is 0 Å². The molecule has 1 saturated carbocycles. The molecule has 122 valence electrons. The molecule has 2 fully saturated rings. The molecule has 4 heteroatoms. The lowest BCUT2D eigenvalue weighted by atomic mass is 9.94. The monoisotopic (exact) mass is 295 g/mol. The molecule has 1 aliphatic heterocycles. The molecule has 0 radical (unpaired) electrons. The lowest BCUT2D eigenvalue weighted by Gasteiger charge is -2.39. The van der Waals surface area contributed by atoms with Gasteiger partial charge in [0, 0.05) is 24.5 Å². The Bertz CT molecular complexity index is 337. The third-order valence-electron chi connectivity index (χ3n) is 5.39. The van der Waals surface area contributed by atoms with Crippen LogP contribution < -0.4 is 11.1 Å². The number of piperidine rings is 1. The SMILES string of the molecule is CC1CCN(C(CNC(=O)C2CCC(N)C2)C(C)C)CC1. The van der Waals surface area contributed by atoms with Crippen molar-refractivity contribution in [2.75, 3.05) is 19.6 Å². The van der Waals surface area contributed by atoms with Crippen LogP contribution in [0.4, 0.5) is 0 Å². The van der Waals surface area contributed by atoms with Crippen molar-refractivity contribution < 1.29 is 4.79 Å². The molecular formula is C17H33N3O. The second-order valence-electron chi connectivity index (χ2n) is 7.55. The number of likely N-dealkylation sites (tertiary alicyclic amines) is 1. The molecule has 1 heterocycles. The van der Waals surface area contributed by atoms with Crippen molar-refractivity contribution in [1.29, 1.82) is 0 Å². The molecule has 0 bridgehead atoms. The first-order valence-electron chi connectivity index (χ1n) is 8.74. The zero-order chi connectivity index (χ0) is 15.4. The molecule has 3 atom stereocenters. The third kappa shape index (κ3) is 4.68. The van der Waals surface area contributed by atoms with Crippen LogP contribution in [-0.4, -0.2) is 42.5 Å². The highest BCUT2D eigenvalue weighted by Gasteiger charge is 2.30. The number of amides is 1. The molecule has 21 heavy (non-hydrogen) atoms. The molecule has 2 aliphatic rings. The van der Waals surface area contributed by atoms with Crippen LogP contribution in [0.5, 0.6) is 0 Å². The zero-order valence-electron chi connectivity index (χ0n) is 14.0. The Morgan fingerprint density at radius 2 is 1.90 bits per heavy atom. The highest BCUT2D eigenvalue weighted by Crippen LogP contribution is 2.25. The van der Waals surface area contributed by atoms with Gasteiger partial charge in [-0.2, -0.15) is 0 Å². The van der Waals surface area contributed by atoms with Gasteiger partial charge < -0.3 is 11.1 Å². The van der Waals surface area contributed by atoms with E-state index in [9.17, 15) is 4.79 Å². The Morgan fingerprint density at radius 1 is 1.24 bits per heavy atom. The minimum Gasteiger partial charge on any atom is -0.354 e. The highest BCUT2D eigenvalue weighted by molar-refractivity contribution is 5.79. The number of hydrogen-bond donors (Lipinski definition) is 2. The zero-order valence-corrected chi connectivity index (χ0v) is 14.0. The van der Waals surface area contributed by atoms with Crippen LogP contribution in [0.2, 0.25) is 0 Å². The van der Waals surface area contributed by atoms with E-state index in [1.165, 1.54) is 25.9 Å². The fourth-order valence-electron chi connectivity index (χ4n) is 3.75. The van der Waals surface area contributed by atoms with Crippen LogP contribution in [0.1, 0.15) is 52.9 Å². The minimum absolute atomic E-state index is 0.147. The van der Waals surface area contributed by atoms with E-state index in [1.54, 1.807) is 0 Å². The fourth-order valence-corrected chi connectivity index (χ4v) is 3.75. The number of nitrogens with one attached hydrogen (secondary N) is 1. The molecule has 4 nitrogen and oxygen atoms in total. The van der Waals surface area contributed by atoms with E-state index >= 15 is 0 Å². The van der Waals surface area contributed by atoms with Gasteiger partial charge in [-0.25, -0.2) is 0 Å². The van der Waals surface area contributed by atoms with Gasteiger partial charge in [0.05, 0.1) is 0 Å². The Morgan fingerprint density at radius 3 is 2.43 bits per heavy atom. The fraction of sp³-hybridized carbons (Fsp3) is 0.941. The highest BCUT2D eigenvalue weighted by atomic mass is 16.1. The number of hydrogen-bond acceptors (Lipinski definition) is 3. The van der Waals surface area contributed by atoms with Crippen LogP contribution in [-0.2, 0) is 4.79 Å². The van der Waals surface area contributed by atoms with Crippen LogP contribution in [0, 0.1) is 17.8 Å². The van der Waals surface area contributed by atoms with Crippen molar-refractivity contribution in [2.24, 2.45) is 23.5 Å². The first kappa shape index (κ1) is 16.8. The maximum Gasteiger partial charge on any atom is 0.223 e. The molecule has 1 amide bonds. The summed E-state index contributed by atoms with van der Waals surface area (Å²) in [5.74, 6) is 1.79. The normalized spacial score (nSPS) is 29.8. The molecule has 3 N–H and O–H groups in total. The van der Waals surface area contributed by atoms with Crippen molar-refractivity contribution in [2.45, 2.75) is 65.0 Å². The van der Waals surface area contributed by atoms with E-state index in [2.05, 4.69) is 31.0 Å². The smallest absolute Gasteiger partial charge is 0.223 e.